The van der Waals surface area contributed by atoms with E-state index in [1.807, 2.05) is 13.8 Å². The lowest BCUT2D eigenvalue weighted by atomic mass is 9.92. The summed E-state index contributed by atoms with van der Waals surface area (Å²) in [6, 6.07) is 0. The molecule has 0 fully saturated rings. The minimum absolute atomic E-state index is 0.134. The molecule has 0 amide bonds. The second-order valence-electron chi connectivity index (χ2n) is 6.28. The van der Waals surface area contributed by atoms with E-state index >= 15 is 0 Å². The summed E-state index contributed by atoms with van der Waals surface area (Å²) in [6.07, 6.45) is -1.88. The summed E-state index contributed by atoms with van der Waals surface area (Å²) < 4.78 is 42.1. The average molecular weight is 282 g/mol. The maximum atomic E-state index is 12.1. The van der Waals surface area contributed by atoms with E-state index in [0.29, 0.717) is 24.9 Å². The molecule has 1 nitrogen and oxygen atoms in total. The van der Waals surface area contributed by atoms with E-state index < -0.39 is 18.2 Å². The van der Waals surface area contributed by atoms with Gasteiger partial charge in [0.25, 0.3) is 0 Å². The van der Waals surface area contributed by atoms with Crippen LogP contribution in [0.3, 0.4) is 0 Å². The highest BCUT2D eigenvalue weighted by molar-refractivity contribution is 4.71. The molecular formula is C15H29F3O. The predicted molar refractivity (Wildman–Crippen MR) is 73.2 cm³/mol. The fourth-order valence-electron chi connectivity index (χ4n) is 2.05. The highest BCUT2D eigenvalue weighted by atomic mass is 19.4. The number of rotatable bonds is 9. The molecule has 2 atom stereocenters. The van der Waals surface area contributed by atoms with Gasteiger partial charge in [0.1, 0.15) is 0 Å². The highest BCUT2D eigenvalue weighted by Gasteiger charge is 2.28. The normalized spacial score (nSPS) is 16.4. The molecule has 0 spiro atoms. The van der Waals surface area contributed by atoms with Crippen molar-refractivity contribution >= 4 is 0 Å². The molecule has 0 N–H and O–H groups in total. The molecule has 0 aromatic carbocycles. The molecule has 0 bridgehead atoms. The largest absolute Gasteiger partial charge is 0.389 e. The zero-order valence-corrected chi connectivity index (χ0v) is 12.9. The van der Waals surface area contributed by atoms with Gasteiger partial charge in [0.2, 0.25) is 0 Å². The van der Waals surface area contributed by atoms with Crippen molar-refractivity contribution in [3.05, 3.63) is 0 Å². The van der Waals surface area contributed by atoms with Gasteiger partial charge in [-0.05, 0) is 38.5 Å². The Bertz CT molecular complexity index is 236. The van der Waals surface area contributed by atoms with Gasteiger partial charge in [-0.1, -0.05) is 33.6 Å². The molecule has 116 valence electrons. The van der Waals surface area contributed by atoms with E-state index in [0.717, 1.165) is 6.42 Å². The molecule has 0 radical (unpaired) electrons. The second kappa shape index (κ2) is 8.13. The third kappa shape index (κ3) is 10.2. The molecule has 19 heavy (non-hydrogen) atoms. The lowest BCUT2D eigenvalue weighted by Crippen LogP contribution is -2.29. The van der Waals surface area contributed by atoms with E-state index in [-0.39, 0.29) is 6.42 Å². The van der Waals surface area contributed by atoms with Crippen molar-refractivity contribution in [2.75, 3.05) is 6.61 Å². The van der Waals surface area contributed by atoms with Crippen molar-refractivity contribution in [2.45, 2.75) is 78.5 Å². The molecule has 4 heteroatoms. The first-order valence-corrected chi connectivity index (χ1v) is 7.28. The molecule has 0 saturated carbocycles. The van der Waals surface area contributed by atoms with Crippen molar-refractivity contribution in [3.8, 4) is 0 Å². The van der Waals surface area contributed by atoms with Crippen LogP contribution < -0.4 is 0 Å². The zero-order valence-electron chi connectivity index (χ0n) is 12.9. The Morgan fingerprint density at radius 2 is 1.58 bits per heavy atom. The summed E-state index contributed by atoms with van der Waals surface area (Å²) in [5, 5.41) is 0. The van der Waals surface area contributed by atoms with Crippen LogP contribution in [-0.2, 0) is 4.74 Å². The maximum absolute atomic E-state index is 12.1. The van der Waals surface area contributed by atoms with Crippen molar-refractivity contribution in [2.24, 2.45) is 11.8 Å². The standard InChI is InChI=1S/C15H29F3O/c1-6-8-12(2)13(3)11-19-14(4,5)9-7-10-15(16,17)18/h12-13H,6-11H2,1-5H3/t12-,13?/m1/s1. The minimum Gasteiger partial charge on any atom is -0.375 e. The number of hydrogen-bond donors (Lipinski definition) is 0. The maximum Gasteiger partial charge on any atom is 0.389 e. The summed E-state index contributed by atoms with van der Waals surface area (Å²) in [5.41, 5.74) is -0.467. The van der Waals surface area contributed by atoms with Gasteiger partial charge < -0.3 is 4.74 Å². The quantitative estimate of drug-likeness (QED) is 0.536. The van der Waals surface area contributed by atoms with Crippen molar-refractivity contribution in [1.29, 1.82) is 0 Å². The van der Waals surface area contributed by atoms with Gasteiger partial charge in [0.05, 0.1) is 12.2 Å². The molecule has 0 aromatic heterocycles. The number of ether oxygens (including phenoxy) is 1. The van der Waals surface area contributed by atoms with E-state index in [1.54, 1.807) is 0 Å². The van der Waals surface area contributed by atoms with Crippen molar-refractivity contribution in [1.82, 2.24) is 0 Å². The van der Waals surface area contributed by atoms with Gasteiger partial charge in [-0.2, -0.15) is 13.2 Å². The van der Waals surface area contributed by atoms with Crippen LogP contribution in [0.5, 0.6) is 0 Å². The summed E-state index contributed by atoms with van der Waals surface area (Å²) in [4.78, 5) is 0. The fraction of sp³-hybridized carbons (Fsp3) is 1.00. The molecule has 0 rings (SSSR count). The van der Waals surface area contributed by atoms with Crippen LogP contribution in [0.15, 0.2) is 0 Å². The number of halogens is 3. The van der Waals surface area contributed by atoms with E-state index in [9.17, 15) is 13.2 Å². The molecule has 0 aliphatic carbocycles. The first-order valence-electron chi connectivity index (χ1n) is 7.28. The van der Waals surface area contributed by atoms with Gasteiger partial charge in [-0.3, -0.25) is 0 Å². The number of hydrogen-bond acceptors (Lipinski definition) is 1. The van der Waals surface area contributed by atoms with Crippen LogP contribution in [0.4, 0.5) is 13.2 Å². The Kier molecular flexibility index (Phi) is 8.02. The molecule has 0 aliphatic rings. The van der Waals surface area contributed by atoms with E-state index in [1.165, 1.54) is 6.42 Å². The minimum atomic E-state index is -4.06. The highest BCUT2D eigenvalue weighted by Crippen LogP contribution is 2.27. The Balaban J connectivity index is 3.95. The van der Waals surface area contributed by atoms with Gasteiger partial charge in [-0.15, -0.1) is 0 Å². The third-order valence-electron chi connectivity index (χ3n) is 3.69. The van der Waals surface area contributed by atoms with Crippen LogP contribution in [0, 0.1) is 11.8 Å². The average Bonchev–Trinajstić information content (AvgIpc) is 2.24. The molecule has 0 saturated heterocycles. The zero-order chi connectivity index (χ0) is 15.1. The third-order valence-corrected chi connectivity index (χ3v) is 3.69. The Labute approximate surface area is 115 Å². The summed E-state index contributed by atoms with van der Waals surface area (Å²) in [6.45, 7) is 10.9. The van der Waals surface area contributed by atoms with E-state index in [4.69, 9.17) is 4.74 Å². The second-order valence-corrected chi connectivity index (χ2v) is 6.28. The van der Waals surface area contributed by atoms with E-state index in [2.05, 4.69) is 20.8 Å². The molecule has 0 aromatic rings. The van der Waals surface area contributed by atoms with Gasteiger partial charge >= 0.3 is 6.18 Å². The van der Waals surface area contributed by atoms with Crippen LogP contribution in [0.25, 0.3) is 0 Å². The lowest BCUT2D eigenvalue weighted by molar-refractivity contribution is -0.139. The summed E-state index contributed by atoms with van der Waals surface area (Å²) in [7, 11) is 0. The topological polar surface area (TPSA) is 9.23 Å². The molecule has 0 heterocycles. The monoisotopic (exact) mass is 282 g/mol. The lowest BCUT2D eigenvalue weighted by Gasteiger charge is -2.29. The summed E-state index contributed by atoms with van der Waals surface area (Å²) in [5.74, 6) is 1.04. The first kappa shape index (κ1) is 18.8. The Morgan fingerprint density at radius 3 is 2.05 bits per heavy atom. The molecule has 1 unspecified atom stereocenters. The van der Waals surface area contributed by atoms with Crippen LogP contribution in [-0.4, -0.2) is 18.4 Å². The van der Waals surface area contributed by atoms with Gasteiger partial charge in [0.15, 0.2) is 0 Å². The van der Waals surface area contributed by atoms with Crippen LogP contribution in [0.2, 0.25) is 0 Å². The van der Waals surface area contributed by atoms with Crippen LogP contribution in [0.1, 0.15) is 66.7 Å². The first-order chi connectivity index (χ1) is 8.57. The number of alkyl halides is 3. The Hall–Kier alpha value is -0.250. The molecule has 0 aliphatic heterocycles. The fourth-order valence-corrected chi connectivity index (χ4v) is 2.05. The van der Waals surface area contributed by atoms with Crippen molar-refractivity contribution in [3.63, 3.8) is 0 Å². The van der Waals surface area contributed by atoms with Crippen molar-refractivity contribution < 1.29 is 17.9 Å². The Morgan fingerprint density at radius 1 is 1.00 bits per heavy atom. The SMILES string of the molecule is CCC[C@@H](C)C(C)COC(C)(C)CCCC(F)(F)F. The van der Waals surface area contributed by atoms with Gasteiger partial charge in [-0.25, -0.2) is 0 Å². The van der Waals surface area contributed by atoms with Gasteiger partial charge in [0, 0.05) is 6.42 Å². The predicted octanol–water partition coefficient (Wildman–Crippen LogP) is 5.59. The molecular weight excluding hydrogens is 253 g/mol. The summed E-state index contributed by atoms with van der Waals surface area (Å²) >= 11 is 0. The van der Waals surface area contributed by atoms with Crippen LogP contribution >= 0.6 is 0 Å². The smallest absolute Gasteiger partial charge is 0.375 e.